The molecule has 10 nitrogen and oxygen atoms in total. The average molecular weight is 541 g/mol. The molecule has 0 saturated carbocycles. The van der Waals surface area contributed by atoms with Gasteiger partial charge in [-0.15, -0.1) is 0 Å². The molecule has 0 bridgehead atoms. The Bertz CT molecular complexity index is 652. The van der Waals surface area contributed by atoms with Crippen LogP contribution in [0, 0.1) is 0 Å². The number of amides is 2. The van der Waals surface area contributed by atoms with Gasteiger partial charge >= 0.3 is 18.2 Å². The van der Waals surface area contributed by atoms with E-state index in [1.54, 1.807) is 37.3 Å². The van der Waals surface area contributed by atoms with Crippen molar-refractivity contribution in [2.24, 2.45) is 0 Å². The third-order valence-electron chi connectivity index (χ3n) is 3.74. The lowest BCUT2D eigenvalue weighted by Crippen LogP contribution is -2.40. The van der Waals surface area contributed by atoms with Gasteiger partial charge in [0.1, 0.15) is 20.0 Å². The van der Waals surface area contributed by atoms with Crippen molar-refractivity contribution >= 4 is 65.3 Å². The second kappa shape index (κ2) is 17.9. The number of rotatable bonds is 15. The first-order chi connectivity index (χ1) is 15.9. The third kappa shape index (κ3) is 18.0. The highest BCUT2D eigenvalue weighted by Crippen LogP contribution is 2.26. The minimum Gasteiger partial charge on any atom is -0.444 e. The summed E-state index contributed by atoms with van der Waals surface area (Å²) in [5.74, 6) is 0.726. The lowest BCUT2D eigenvalue weighted by atomic mass is 9.89. The van der Waals surface area contributed by atoms with Gasteiger partial charge in [0, 0.05) is 30.3 Å². The van der Waals surface area contributed by atoms with E-state index in [2.05, 4.69) is 15.4 Å². The van der Waals surface area contributed by atoms with Gasteiger partial charge in [-0.05, 0) is 46.1 Å². The predicted molar refractivity (Wildman–Crippen MR) is 140 cm³/mol. The van der Waals surface area contributed by atoms with Crippen molar-refractivity contribution < 1.29 is 38.1 Å². The van der Waals surface area contributed by atoms with Crippen LogP contribution in [0.5, 0.6) is 0 Å². The maximum Gasteiger partial charge on any atom is 0.511 e. The van der Waals surface area contributed by atoms with Gasteiger partial charge in [0.05, 0.1) is 6.61 Å². The summed E-state index contributed by atoms with van der Waals surface area (Å²) >= 11 is 1.70. The van der Waals surface area contributed by atoms with Crippen molar-refractivity contribution in [2.45, 2.75) is 64.8 Å². The molecular weight excluding hydrogens is 503 g/mol. The Hall–Kier alpha value is -1.41. The lowest BCUT2D eigenvalue weighted by Gasteiger charge is -2.23. The number of ether oxygens (including phenoxy) is 4. The van der Waals surface area contributed by atoms with Crippen LogP contribution >= 0.6 is 33.3 Å². The zero-order chi connectivity index (χ0) is 26.1. The molecule has 0 aliphatic rings. The Labute approximate surface area is 215 Å². The van der Waals surface area contributed by atoms with Crippen molar-refractivity contribution in [1.82, 2.24) is 10.6 Å². The van der Waals surface area contributed by atoms with Crippen LogP contribution in [0.4, 0.5) is 9.59 Å². The summed E-state index contributed by atoms with van der Waals surface area (Å²) in [5.41, 5.74) is -0.558. The number of thioether (sulfide) groups is 1. The molecule has 0 aromatic carbocycles. The molecule has 0 saturated heterocycles. The molecule has 0 heterocycles. The molecule has 0 rings (SSSR count). The highest BCUT2D eigenvalue weighted by atomic mass is 33.1. The average Bonchev–Trinajstić information content (AvgIpc) is 2.71. The summed E-state index contributed by atoms with van der Waals surface area (Å²) in [4.78, 5) is 47.3. The molecule has 0 aliphatic heterocycles. The number of hydrogen-bond donors (Lipinski definition) is 2. The van der Waals surface area contributed by atoms with Crippen molar-refractivity contribution in [1.29, 1.82) is 0 Å². The molecule has 2 amide bonds. The normalized spacial score (nSPS) is 13.7. The Morgan fingerprint density at radius 3 is 2.29 bits per heavy atom. The van der Waals surface area contributed by atoms with E-state index in [4.69, 9.17) is 14.2 Å². The van der Waals surface area contributed by atoms with Crippen LogP contribution < -0.4 is 10.6 Å². The Morgan fingerprint density at radius 2 is 1.71 bits per heavy atom. The van der Waals surface area contributed by atoms with Gasteiger partial charge in [-0.3, -0.25) is 9.59 Å². The second-order valence-electron chi connectivity index (χ2n) is 8.17. The van der Waals surface area contributed by atoms with Crippen LogP contribution in [0.2, 0.25) is 5.82 Å². The monoisotopic (exact) mass is 540 g/mol. The minimum atomic E-state index is -1.12. The fourth-order valence-electron chi connectivity index (χ4n) is 2.16. The molecular formula is C20H37BN2O8S3. The molecule has 34 heavy (non-hydrogen) atoms. The van der Waals surface area contributed by atoms with Gasteiger partial charge in [-0.25, -0.2) is 9.59 Å². The number of esters is 1. The molecule has 0 spiro atoms. The number of hydrogen-bond acceptors (Lipinski definition) is 11. The molecule has 196 valence electrons. The SMILES string of the molecule is B[C@H](CSSC[C@H](CCSC)NC(=O)OC(C)(C)C)C(=O)NCC(=O)OC(C)OC(=O)OCC. The van der Waals surface area contributed by atoms with E-state index >= 15 is 0 Å². The summed E-state index contributed by atoms with van der Waals surface area (Å²) in [5, 5.41) is 5.42. The molecule has 0 aliphatic carbocycles. The quantitative estimate of drug-likeness (QED) is 0.0794. The fourth-order valence-corrected chi connectivity index (χ4v) is 5.32. The maximum atomic E-state index is 12.2. The number of carbonyl (C=O) groups is 4. The largest absolute Gasteiger partial charge is 0.511 e. The van der Waals surface area contributed by atoms with E-state index in [0.29, 0.717) is 11.5 Å². The van der Waals surface area contributed by atoms with Crippen molar-refractivity contribution in [2.75, 3.05) is 36.7 Å². The zero-order valence-corrected chi connectivity index (χ0v) is 23.4. The lowest BCUT2D eigenvalue weighted by molar-refractivity contribution is -0.167. The van der Waals surface area contributed by atoms with E-state index in [1.807, 2.05) is 27.0 Å². The summed E-state index contributed by atoms with van der Waals surface area (Å²) in [6.07, 6.45) is 0.319. The molecule has 0 aromatic rings. The Balaban J connectivity index is 4.27. The molecule has 1 unspecified atom stereocenters. The summed E-state index contributed by atoms with van der Waals surface area (Å²) in [7, 11) is 4.84. The molecule has 14 heteroatoms. The highest BCUT2D eigenvalue weighted by Gasteiger charge is 2.21. The fraction of sp³-hybridized carbons (Fsp3) is 0.800. The smallest absolute Gasteiger partial charge is 0.444 e. The Kier molecular flexibility index (Phi) is 17.2. The molecule has 2 N–H and O–H groups in total. The summed E-state index contributed by atoms with van der Waals surface area (Å²) < 4.78 is 19.5. The van der Waals surface area contributed by atoms with Crippen molar-refractivity contribution in [3.8, 4) is 0 Å². The van der Waals surface area contributed by atoms with E-state index in [9.17, 15) is 19.2 Å². The number of nitrogens with one attached hydrogen (secondary N) is 2. The predicted octanol–water partition coefficient (Wildman–Crippen LogP) is 2.61. The van der Waals surface area contributed by atoms with Gasteiger partial charge in [0.25, 0.3) is 0 Å². The number of alkyl carbamates (subject to hydrolysis) is 1. The zero-order valence-electron chi connectivity index (χ0n) is 21.0. The summed E-state index contributed by atoms with van der Waals surface area (Å²) in [6, 6.07) is -0.0440. The van der Waals surface area contributed by atoms with Crippen LogP contribution in [0.1, 0.15) is 41.0 Å². The van der Waals surface area contributed by atoms with E-state index in [1.165, 1.54) is 17.7 Å². The first-order valence-corrected chi connectivity index (χ1v) is 14.8. The standard InChI is InChI=1S/C20H37BN2O8S3/c1-7-28-19(27)30-13(2)29-16(24)10-22-17(25)15(21)12-34-33-11-14(8-9-32-6)23-18(26)31-20(3,4)5/h13-15H,7-12,21H2,1-6H3,(H,22,25)(H,23,26)/t13?,14-,15+/m0/s1. The van der Waals surface area contributed by atoms with Gasteiger partial charge in [0.15, 0.2) is 0 Å². The van der Waals surface area contributed by atoms with Gasteiger partial charge in [-0.2, -0.15) is 11.8 Å². The summed E-state index contributed by atoms with van der Waals surface area (Å²) in [6.45, 7) is 8.25. The van der Waals surface area contributed by atoms with Crippen LogP contribution in [-0.4, -0.2) is 86.6 Å². The van der Waals surface area contributed by atoms with Crippen LogP contribution in [0.15, 0.2) is 0 Å². The van der Waals surface area contributed by atoms with Gasteiger partial charge in [-0.1, -0.05) is 21.6 Å². The maximum absolute atomic E-state index is 12.2. The molecule has 0 radical (unpaired) electrons. The van der Waals surface area contributed by atoms with Crippen LogP contribution in [0.25, 0.3) is 0 Å². The van der Waals surface area contributed by atoms with Crippen molar-refractivity contribution in [3.63, 3.8) is 0 Å². The second-order valence-corrected chi connectivity index (χ2v) is 11.7. The van der Waals surface area contributed by atoms with E-state index in [0.717, 1.165) is 12.2 Å². The highest BCUT2D eigenvalue weighted by molar-refractivity contribution is 8.76. The molecule has 0 fully saturated rings. The van der Waals surface area contributed by atoms with Crippen LogP contribution in [-0.2, 0) is 28.5 Å². The molecule has 0 aromatic heterocycles. The first-order valence-electron chi connectivity index (χ1n) is 10.9. The van der Waals surface area contributed by atoms with Crippen LogP contribution in [0.3, 0.4) is 0 Å². The van der Waals surface area contributed by atoms with Gasteiger partial charge < -0.3 is 29.6 Å². The van der Waals surface area contributed by atoms with E-state index < -0.39 is 30.1 Å². The third-order valence-corrected chi connectivity index (χ3v) is 7.04. The van der Waals surface area contributed by atoms with Crippen molar-refractivity contribution in [3.05, 3.63) is 0 Å². The minimum absolute atomic E-state index is 0.0440. The Morgan fingerprint density at radius 1 is 1.06 bits per heavy atom. The molecule has 3 atom stereocenters. The topological polar surface area (TPSA) is 129 Å². The van der Waals surface area contributed by atoms with Gasteiger partial charge in [0.2, 0.25) is 12.2 Å². The number of carbonyl (C=O) groups excluding carboxylic acids is 4. The first kappa shape index (κ1) is 32.6. The van der Waals surface area contributed by atoms with E-state index in [-0.39, 0.29) is 30.9 Å².